The van der Waals surface area contributed by atoms with Crippen molar-refractivity contribution in [1.29, 1.82) is 0 Å². The van der Waals surface area contributed by atoms with Crippen LogP contribution in [0.1, 0.15) is 41.4 Å². The van der Waals surface area contributed by atoms with Crippen molar-refractivity contribution in [2.75, 3.05) is 5.75 Å². The van der Waals surface area contributed by atoms with Gasteiger partial charge in [-0.25, -0.2) is 4.98 Å². The molecule has 29 heavy (non-hydrogen) atoms. The van der Waals surface area contributed by atoms with Crippen LogP contribution < -0.4 is 10.1 Å². The van der Waals surface area contributed by atoms with Crippen LogP contribution in [-0.4, -0.2) is 26.8 Å². The van der Waals surface area contributed by atoms with Crippen molar-refractivity contribution in [2.45, 2.75) is 44.0 Å². The van der Waals surface area contributed by atoms with Gasteiger partial charge in [0.15, 0.2) is 5.82 Å². The number of para-hydroxylation sites is 1. The third-order valence-corrected chi connectivity index (χ3v) is 5.85. The molecule has 0 fully saturated rings. The summed E-state index contributed by atoms with van der Waals surface area (Å²) in [4.78, 5) is 16.8. The van der Waals surface area contributed by atoms with Crippen LogP contribution in [-0.2, 0) is 17.8 Å². The maximum Gasteiger partial charge on any atom is 0.230 e. The largest absolute Gasteiger partial charge is 0.485 e. The third-order valence-electron chi connectivity index (χ3n) is 5.01. The molecule has 0 radical (unpaired) electrons. The Morgan fingerprint density at radius 3 is 2.97 bits per heavy atom. The number of aryl methyl sites for hydroxylation is 2. The number of amides is 1. The third kappa shape index (κ3) is 4.98. The molecule has 1 aliphatic rings. The summed E-state index contributed by atoms with van der Waals surface area (Å²) >= 11 is 1.32. The van der Waals surface area contributed by atoms with E-state index in [0.717, 1.165) is 30.6 Å². The molecule has 2 aromatic carbocycles. The second kappa shape index (κ2) is 9.13. The molecule has 3 aromatic rings. The highest BCUT2D eigenvalue weighted by Crippen LogP contribution is 2.29. The summed E-state index contributed by atoms with van der Waals surface area (Å²) in [7, 11) is 0. The van der Waals surface area contributed by atoms with Crippen molar-refractivity contribution in [3.05, 3.63) is 71.0 Å². The number of fused-ring (bicyclic) bond motifs is 1. The van der Waals surface area contributed by atoms with Gasteiger partial charge in [0.25, 0.3) is 0 Å². The van der Waals surface area contributed by atoms with Gasteiger partial charge in [-0.05, 0) is 48.9 Å². The van der Waals surface area contributed by atoms with Crippen LogP contribution in [0.3, 0.4) is 0 Å². The minimum absolute atomic E-state index is 0.000728. The van der Waals surface area contributed by atoms with Crippen molar-refractivity contribution in [3.8, 4) is 5.75 Å². The maximum atomic E-state index is 12.4. The summed E-state index contributed by atoms with van der Waals surface area (Å²) in [5.41, 5.74) is 3.65. The molecule has 0 saturated heterocycles. The lowest BCUT2D eigenvalue weighted by Crippen LogP contribution is -2.32. The van der Waals surface area contributed by atoms with Gasteiger partial charge in [0.2, 0.25) is 11.1 Å². The van der Waals surface area contributed by atoms with Gasteiger partial charge < -0.3 is 10.1 Å². The summed E-state index contributed by atoms with van der Waals surface area (Å²) in [6.45, 7) is 2.31. The molecule has 6 nitrogen and oxygen atoms in total. The number of carbonyl (C=O) groups excluding carboxylic acids is 1. The van der Waals surface area contributed by atoms with Gasteiger partial charge in [0.05, 0.1) is 11.8 Å². The van der Waals surface area contributed by atoms with Crippen molar-refractivity contribution in [2.24, 2.45) is 0 Å². The van der Waals surface area contributed by atoms with Crippen molar-refractivity contribution < 1.29 is 9.53 Å². The lowest BCUT2D eigenvalue weighted by atomic mass is 9.88. The molecule has 1 aliphatic carbocycles. The summed E-state index contributed by atoms with van der Waals surface area (Å²) in [6, 6.07) is 16.3. The van der Waals surface area contributed by atoms with Crippen LogP contribution in [0.25, 0.3) is 0 Å². The van der Waals surface area contributed by atoms with Crippen molar-refractivity contribution in [3.63, 3.8) is 0 Å². The lowest BCUT2D eigenvalue weighted by molar-refractivity contribution is -0.119. The SMILES string of the molecule is Cc1ccccc1OCc1nc(SCC(=O)N[C@H]2CCCc3ccccc32)n[nH]1. The second-order valence-corrected chi connectivity index (χ2v) is 8.06. The number of ether oxygens (including phenoxy) is 1. The molecule has 7 heteroatoms. The van der Waals surface area contributed by atoms with E-state index in [-0.39, 0.29) is 17.7 Å². The topological polar surface area (TPSA) is 79.9 Å². The van der Waals surface area contributed by atoms with Crippen molar-refractivity contribution in [1.82, 2.24) is 20.5 Å². The quantitative estimate of drug-likeness (QED) is 0.578. The fourth-order valence-electron chi connectivity index (χ4n) is 3.54. The highest BCUT2D eigenvalue weighted by molar-refractivity contribution is 7.99. The number of nitrogens with zero attached hydrogens (tertiary/aromatic N) is 2. The molecule has 1 amide bonds. The minimum atomic E-state index is -0.000728. The summed E-state index contributed by atoms with van der Waals surface area (Å²) in [5.74, 6) is 1.75. The number of hydrogen-bond acceptors (Lipinski definition) is 5. The van der Waals surface area contributed by atoms with Crippen LogP contribution in [0.5, 0.6) is 5.75 Å². The minimum Gasteiger partial charge on any atom is -0.485 e. The Balaban J connectivity index is 1.27. The van der Waals surface area contributed by atoms with Crippen LogP contribution in [0.2, 0.25) is 0 Å². The van der Waals surface area contributed by atoms with Gasteiger partial charge in [0.1, 0.15) is 12.4 Å². The molecule has 150 valence electrons. The van der Waals surface area contributed by atoms with E-state index in [1.807, 2.05) is 37.3 Å². The summed E-state index contributed by atoms with van der Waals surface area (Å²) in [5, 5.41) is 10.8. The number of H-pyrrole nitrogens is 1. The normalized spacial score (nSPS) is 15.6. The molecule has 0 saturated carbocycles. The Hall–Kier alpha value is -2.80. The zero-order chi connectivity index (χ0) is 20.1. The zero-order valence-electron chi connectivity index (χ0n) is 16.4. The first-order valence-corrected chi connectivity index (χ1v) is 10.8. The molecule has 4 rings (SSSR count). The van der Waals surface area contributed by atoms with Gasteiger partial charge in [0, 0.05) is 0 Å². The van der Waals surface area contributed by atoms with Crippen molar-refractivity contribution >= 4 is 17.7 Å². The second-order valence-electron chi connectivity index (χ2n) is 7.12. The predicted octanol–water partition coefficient (Wildman–Crippen LogP) is 3.98. The van der Waals surface area contributed by atoms with E-state index in [2.05, 4.69) is 38.7 Å². The van der Waals surface area contributed by atoms with Crippen LogP contribution >= 0.6 is 11.8 Å². The van der Waals surface area contributed by atoms with E-state index in [4.69, 9.17) is 4.74 Å². The van der Waals surface area contributed by atoms with E-state index in [9.17, 15) is 4.79 Å². The van der Waals surface area contributed by atoms with Crippen LogP contribution in [0.15, 0.2) is 53.7 Å². The van der Waals surface area contributed by atoms with Gasteiger partial charge in [-0.3, -0.25) is 9.89 Å². The first-order valence-electron chi connectivity index (χ1n) is 9.79. The van der Waals surface area contributed by atoms with Gasteiger partial charge in [-0.15, -0.1) is 5.10 Å². The highest BCUT2D eigenvalue weighted by atomic mass is 32.2. The Bertz CT molecular complexity index is 988. The fraction of sp³-hybridized carbons (Fsp3) is 0.318. The Kier molecular flexibility index (Phi) is 6.14. The molecule has 0 aliphatic heterocycles. The Labute approximate surface area is 174 Å². The average Bonchev–Trinajstić information content (AvgIpc) is 3.20. The predicted molar refractivity (Wildman–Crippen MR) is 113 cm³/mol. The number of aromatic nitrogens is 3. The molecule has 1 atom stereocenters. The standard InChI is InChI=1S/C22H24N4O2S/c1-15-7-2-5-12-19(15)28-13-20-24-22(26-25-20)29-14-21(27)23-18-11-6-9-16-8-3-4-10-17(16)18/h2-5,7-8,10,12,18H,6,9,11,13-14H2,1H3,(H,23,27)(H,24,25,26)/t18-/m0/s1. The number of rotatable bonds is 7. The first kappa shape index (κ1) is 19.5. The number of aromatic amines is 1. The monoisotopic (exact) mass is 408 g/mol. The molecular formula is C22H24N4O2S. The molecule has 0 bridgehead atoms. The first-order chi connectivity index (χ1) is 14.2. The molecule has 0 unspecified atom stereocenters. The smallest absolute Gasteiger partial charge is 0.230 e. The fourth-order valence-corrected chi connectivity index (χ4v) is 4.17. The van der Waals surface area contributed by atoms with E-state index >= 15 is 0 Å². The van der Waals surface area contributed by atoms with E-state index < -0.39 is 0 Å². The lowest BCUT2D eigenvalue weighted by Gasteiger charge is -2.26. The molecule has 1 heterocycles. The molecule has 0 spiro atoms. The molecular weight excluding hydrogens is 384 g/mol. The number of hydrogen-bond donors (Lipinski definition) is 2. The number of carbonyl (C=O) groups is 1. The highest BCUT2D eigenvalue weighted by Gasteiger charge is 2.21. The average molecular weight is 409 g/mol. The zero-order valence-corrected chi connectivity index (χ0v) is 17.2. The maximum absolute atomic E-state index is 12.4. The molecule has 1 aromatic heterocycles. The summed E-state index contributed by atoms with van der Waals surface area (Å²) < 4.78 is 5.77. The van der Waals surface area contributed by atoms with Gasteiger partial charge in [-0.2, -0.15) is 0 Å². The number of thioether (sulfide) groups is 1. The van der Waals surface area contributed by atoms with Gasteiger partial charge >= 0.3 is 0 Å². The Morgan fingerprint density at radius 1 is 1.24 bits per heavy atom. The molecule has 2 N–H and O–H groups in total. The number of nitrogens with one attached hydrogen (secondary N) is 2. The van der Waals surface area contributed by atoms with E-state index in [1.165, 1.54) is 22.9 Å². The van der Waals surface area contributed by atoms with E-state index in [0.29, 0.717) is 17.6 Å². The Morgan fingerprint density at radius 2 is 2.07 bits per heavy atom. The van der Waals surface area contributed by atoms with Gasteiger partial charge in [-0.1, -0.05) is 54.2 Å². The summed E-state index contributed by atoms with van der Waals surface area (Å²) in [6.07, 6.45) is 3.16. The van der Waals surface area contributed by atoms with Crippen LogP contribution in [0, 0.1) is 6.92 Å². The number of benzene rings is 2. The van der Waals surface area contributed by atoms with Crippen LogP contribution in [0.4, 0.5) is 0 Å². The van der Waals surface area contributed by atoms with E-state index in [1.54, 1.807) is 0 Å².